The van der Waals surface area contributed by atoms with Crippen LogP contribution in [0.4, 0.5) is 4.79 Å². The normalized spacial score (nSPS) is 11.7. The third kappa shape index (κ3) is 9.21. The molecule has 0 aliphatic heterocycles. The van der Waals surface area contributed by atoms with Gasteiger partial charge < -0.3 is 26.4 Å². The highest BCUT2D eigenvalue weighted by Crippen LogP contribution is 2.16. The second-order valence-electron chi connectivity index (χ2n) is 8.05. The molecule has 39 heavy (non-hydrogen) atoms. The van der Waals surface area contributed by atoms with E-state index in [0.29, 0.717) is 6.54 Å². The molecule has 0 bridgehead atoms. The Bertz CT molecular complexity index is 1400. The highest BCUT2D eigenvalue weighted by molar-refractivity contribution is 7.89. The molecule has 206 valence electrons. The van der Waals surface area contributed by atoms with E-state index in [0.717, 1.165) is 16.9 Å². The number of carbonyl (C=O) groups is 4. The van der Waals surface area contributed by atoms with Crippen LogP contribution in [0.25, 0.3) is 0 Å². The zero-order valence-corrected chi connectivity index (χ0v) is 22.2. The molecule has 3 aromatic rings. The predicted octanol–water partition coefficient (Wildman–Crippen LogP) is 1.14. The van der Waals surface area contributed by atoms with Gasteiger partial charge in [-0.3, -0.25) is 14.4 Å². The Morgan fingerprint density at radius 3 is 1.92 bits per heavy atom. The molecule has 0 saturated carbocycles. The zero-order chi connectivity index (χ0) is 28.3. The number of hydrogen-bond donors (Lipinski definition) is 6. The van der Waals surface area contributed by atoms with E-state index in [4.69, 9.17) is 0 Å². The molecule has 12 nitrogen and oxygen atoms in total. The van der Waals surface area contributed by atoms with Crippen molar-refractivity contribution in [3.63, 3.8) is 0 Å². The van der Waals surface area contributed by atoms with Crippen molar-refractivity contribution in [1.82, 2.24) is 26.0 Å². The molecule has 1 unspecified atom stereocenters. The van der Waals surface area contributed by atoms with Crippen LogP contribution >= 0.6 is 11.3 Å². The fraction of sp³-hybridized carbons (Fsp3) is 0.200. The quantitative estimate of drug-likeness (QED) is 0.166. The number of carbonyl (C=O) groups excluding carboxylic acids is 3. The number of nitrogens with one attached hydrogen (secondary N) is 5. The Kier molecular flexibility index (Phi) is 10.5. The van der Waals surface area contributed by atoms with Gasteiger partial charge in [0.1, 0.15) is 6.04 Å². The molecule has 0 aliphatic rings. The monoisotopic (exact) mass is 573 g/mol. The Hall–Kier alpha value is -4.27. The van der Waals surface area contributed by atoms with Crippen LogP contribution in [0.3, 0.4) is 0 Å². The van der Waals surface area contributed by atoms with Gasteiger partial charge in [-0.05, 0) is 29.8 Å². The van der Waals surface area contributed by atoms with Crippen LogP contribution in [0, 0.1) is 0 Å². The van der Waals surface area contributed by atoms with Gasteiger partial charge in [-0.2, -0.15) is 4.72 Å². The lowest BCUT2D eigenvalue weighted by Gasteiger charge is -2.15. The van der Waals surface area contributed by atoms with E-state index in [2.05, 4.69) is 26.0 Å². The van der Waals surface area contributed by atoms with Gasteiger partial charge in [0.25, 0.3) is 11.8 Å². The number of benzene rings is 2. The van der Waals surface area contributed by atoms with Crippen molar-refractivity contribution in [3.05, 3.63) is 88.1 Å². The van der Waals surface area contributed by atoms with Gasteiger partial charge in [0.05, 0.1) is 14.6 Å². The Morgan fingerprint density at radius 2 is 1.31 bits per heavy atom. The molecule has 14 heteroatoms. The van der Waals surface area contributed by atoms with Crippen molar-refractivity contribution >= 4 is 45.2 Å². The summed E-state index contributed by atoms with van der Waals surface area (Å²) in [5.41, 5.74) is 0.949. The molecule has 0 fully saturated rings. The molecule has 6 N–H and O–H groups in total. The molecule has 0 spiro atoms. The molecule has 1 atom stereocenters. The molecule has 0 aliphatic carbocycles. The number of thiophene rings is 1. The number of aliphatic carboxylic acids is 1. The Labute approximate surface area is 228 Å². The van der Waals surface area contributed by atoms with Crippen molar-refractivity contribution in [3.8, 4) is 0 Å². The average molecular weight is 574 g/mol. The van der Waals surface area contributed by atoms with Crippen LogP contribution in [0.1, 0.15) is 24.9 Å². The molecular formula is C25H27N5O7S2. The number of hydrogen-bond acceptors (Lipinski definition) is 7. The summed E-state index contributed by atoms with van der Waals surface area (Å²) < 4.78 is 26.9. The van der Waals surface area contributed by atoms with Crippen molar-refractivity contribution in [1.29, 1.82) is 0 Å². The van der Waals surface area contributed by atoms with E-state index in [1.54, 1.807) is 6.07 Å². The molecule has 2 aromatic carbocycles. The van der Waals surface area contributed by atoms with Gasteiger partial charge in [0, 0.05) is 26.2 Å². The summed E-state index contributed by atoms with van der Waals surface area (Å²) in [6, 6.07) is 17.5. The predicted molar refractivity (Wildman–Crippen MR) is 144 cm³/mol. The first kappa shape index (κ1) is 29.3. The van der Waals surface area contributed by atoms with Crippen molar-refractivity contribution in [2.24, 2.45) is 0 Å². The van der Waals surface area contributed by atoms with E-state index in [9.17, 15) is 32.7 Å². The first-order valence-corrected chi connectivity index (χ1v) is 14.0. The molecule has 1 aromatic heterocycles. The minimum Gasteiger partial charge on any atom is -0.480 e. The molecule has 0 saturated heterocycles. The average Bonchev–Trinajstić information content (AvgIpc) is 3.43. The smallest absolute Gasteiger partial charge is 0.323 e. The zero-order valence-electron chi connectivity index (χ0n) is 20.5. The number of urea groups is 1. The van der Waals surface area contributed by atoms with E-state index in [1.807, 2.05) is 30.3 Å². The maximum Gasteiger partial charge on any atom is 0.323 e. The third-order valence-corrected chi connectivity index (χ3v) is 7.73. The molecule has 4 amide bonds. The van der Waals surface area contributed by atoms with Crippen LogP contribution in [0.2, 0.25) is 0 Å². The topological polar surface area (TPSA) is 183 Å². The van der Waals surface area contributed by atoms with Crippen molar-refractivity contribution < 1.29 is 32.7 Å². The number of sulfonamides is 1. The number of amides is 4. The van der Waals surface area contributed by atoms with Crippen LogP contribution in [0.15, 0.2) is 77.7 Å². The second-order valence-corrected chi connectivity index (χ2v) is 10.8. The van der Waals surface area contributed by atoms with E-state index in [1.165, 1.54) is 36.4 Å². The lowest BCUT2D eigenvalue weighted by molar-refractivity contribution is -0.138. The molecular weight excluding hydrogens is 546 g/mol. The minimum absolute atomic E-state index is 0.112. The number of rotatable bonds is 13. The van der Waals surface area contributed by atoms with Crippen molar-refractivity contribution in [2.75, 3.05) is 19.6 Å². The summed E-state index contributed by atoms with van der Waals surface area (Å²) in [6.45, 7) is 0.183. The number of carboxylic acid groups (broad SMARTS) is 1. The van der Waals surface area contributed by atoms with Crippen LogP contribution in [-0.4, -0.2) is 63.0 Å². The first-order chi connectivity index (χ1) is 18.7. The lowest BCUT2D eigenvalue weighted by atomic mass is 10.2. The summed E-state index contributed by atoms with van der Waals surface area (Å²) in [5, 5.41) is 19.7. The SMILES string of the molecule is O=C(NCCNC(=O)c1ccc(C(=O)NCC(NS(=O)(=O)c2ccccc2)C(=O)O)s1)NCc1ccccc1. The highest BCUT2D eigenvalue weighted by Gasteiger charge is 2.26. The van der Waals surface area contributed by atoms with E-state index in [-0.39, 0.29) is 33.8 Å². The van der Waals surface area contributed by atoms with Gasteiger partial charge in [-0.15, -0.1) is 11.3 Å². The molecule has 3 rings (SSSR count). The summed E-state index contributed by atoms with van der Waals surface area (Å²) in [6.07, 6.45) is 0. The summed E-state index contributed by atoms with van der Waals surface area (Å²) in [5.74, 6) is -2.59. The fourth-order valence-corrected chi connectivity index (χ4v) is 5.23. The fourth-order valence-electron chi connectivity index (χ4n) is 3.18. The Morgan fingerprint density at radius 1 is 0.744 bits per heavy atom. The van der Waals surface area contributed by atoms with Crippen LogP contribution in [-0.2, 0) is 21.4 Å². The van der Waals surface area contributed by atoms with Crippen molar-refractivity contribution in [2.45, 2.75) is 17.5 Å². The summed E-state index contributed by atoms with van der Waals surface area (Å²) in [7, 11) is -4.12. The third-order valence-electron chi connectivity index (χ3n) is 5.16. The maximum absolute atomic E-state index is 12.5. The first-order valence-electron chi connectivity index (χ1n) is 11.7. The maximum atomic E-state index is 12.5. The molecule has 1 heterocycles. The van der Waals surface area contributed by atoms with E-state index >= 15 is 0 Å². The van der Waals surface area contributed by atoms with Gasteiger partial charge in [-0.1, -0.05) is 48.5 Å². The van der Waals surface area contributed by atoms with Gasteiger partial charge in [-0.25, -0.2) is 13.2 Å². The minimum atomic E-state index is -4.12. The van der Waals surface area contributed by atoms with Gasteiger partial charge >= 0.3 is 12.0 Å². The Balaban J connectivity index is 1.42. The second kappa shape index (κ2) is 14.0. The summed E-state index contributed by atoms with van der Waals surface area (Å²) >= 11 is 0.879. The standard InChI is InChI=1S/C25H27N5O7S2/c31-22(26-13-14-27-25(35)29-15-17-7-3-1-4-8-17)20-11-12-21(38-20)23(32)28-16-19(24(33)34)30-39(36,37)18-9-5-2-6-10-18/h1-12,19,30H,13-16H2,(H,26,31)(H,28,32)(H,33,34)(H2,27,29,35). The number of carboxylic acids is 1. The highest BCUT2D eigenvalue weighted by atomic mass is 32.2. The largest absolute Gasteiger partial charge is 0.480 e. The van der Waals surface area contributed by atoms with E-state index < -0.39 is 40.4 Å². The summed E-state index contributed by atoms with van der Waals surface area (Å²) in [4.78, 5) is 48.5. The molecule has 0 radical (unpaired) electrons. The lowest BCUT2D eigenvalue weighted by Crippen LogP contribution is -2.48. The van der Waals surface area contributed by atoms with Crippen LogP contribution < -0.4 is 26.0 Å². The van der Waals surface area contributed by atoms with Gasteiger partial charge in [0.15, 0.2) is 0 Å². The van der Waals surface area contributed by atoms with Crippen LogP contribution in [0.5, 0.6) is 0 Å². The van der Waals surface area contributed by atoms with Gasteiger partial charge in [0.2, 0.25) is 10.0 Å².